The first-order valence-electron chi connectivity index (χ1n) is 20.0. The van der Waals surface area contributed by atoms with Crippen LogP contribution in [0, 0.1) is 16.7 Å². The van der Waals surface area contributed by atoms with Crippen molar-refractivity contribution in [3.63, 3.8) is 0 Å². The van der Waals surface area contributed by atoms with Crippen LogP contribution in [-0.2, 0) is 28.7 Å². The second-order valence-corrected chi connectivity index (χ2v) is 17.0. The van der Waals surface area contributed by atoms with Crippen LogP contribution in [0.4, 0.5) is 0 Å². The molecule has 0 spiro atoms. The van der Waals surface area contributed by atoms with Gasteiger partial charge in [0.2, 0.25) is 0 Å². The highest BCUT2D eigenvalue weighted by Gasteiger charge is 2.37. The summed E-state index contributed by atoms with van der Waals surface area (Å²) in [6.45, 7) is 24.3. The normalized spacial score (nSPS) is 22.5. The first kappa shape index (κ1) is 47.6. The third-order valence-electron chi connectivity index (χ3n) is 10.2. The summed E-state index contributed by atoms with van der Waals surface area (Å²) in [5, 5.41) is 0. The van der Waals surface area contributed by atoms with Crippen molar-refractivity contribution in [1.29, 1.82) is 0 Å². The van der Waals surface area contributed by atoms with Crippen LogP contribution in [0.25, 0.3) is 0 Å². The van der Waals surface area contributed by atoms with Crippen molar-refractivity contribution in [2.24, 2.45) is 16.7 Å². The molecule has 3 unspecified atom stereocenters. The van der Waals surface area contributed by atoms with E-state index in [9.17, 15) is 19.2 Å². The number of carbonyl (C=O) groups excluding carboxylic acids is 4. The van der Waals surface area contributed by atoms with Gasteiger partial charge in [0, 0.05) is 25.2 Å². The molecule has 0 bridgehead atoms. The van der Waals surface area contributed by atoms with Crippen LogP contribution in [0.3, 0.4) is 0 Å². The molecule has 0 saturated heterocycles. The van der Waals surface area contributed by atoms with Crippen LogP contribution in [0.2, 0.25) is 0 Å². The zero-order chi connectivity index (χ0) is 42.1. The predicted octanol–water partition coefficient (Wildman–Crippen LogP) is 12.2. The number of hydrogen-bond acceptors (Lipinski definition) is 6. The molecule has 0 saturated carbocycles. The number of carbonyl (C=O) groups is 4. The minimum Gasteiger partial charge on any atom is -0.462 e. The van der Waals surface area contributed by atoms with E-state index in [4.69, 9.17) is 9.47 Å². The molecule has 56 heavy (non-hydrogen) atoms. The molecule has 2 aliphatic rings. The molecule has 0 radical (unpaired) electrons. The van der Waals surface area contributed by atoms with E-state index in [1.807, 2.05) is 12.2 Å². The van der Waals surface area contributed by atoms with E-state index >= 15 is 0 Å². The summed E-state index contributed by atoms with van der Waals surface area (Å²) in [5.41, 5.74) is 8.07. The molecule has 0 amide bonds. The number of rotatable bonds is 18. The molecule has 0 aromatic rings. The predicted molar refractivity (Wildman–Crippen MR) is 232 cm³/mol. The Morgan fingerprint density at radius 3 is 1.62 bits per heavy atom. The van der Waals surface area contributed by atoms with Crippen LogP contribution in [0.1, 0.15) is 128 Å². The number of ketones is 2. The van der Waals surface area contributed by atoms with Crippen LogP contribution < -0.4 is 0 Å². The Labute approximate surface area is 338 Å². The van der Waals surface area contributed by atoms with Gasteiger partial charge in [-0.15, -0.1) is 0 Å². The van der Waals surface area contributed by atoms with E-state index in [-0.39, 0.29) is 78.1 Å². The molecule has 0 heterocycles. The maximum Gasteiger partial charge on any atom is 0.306 e. The number of hydrogen-bond donors (Lipinski definition) is 0. The van der Waals surface area contributed by atoms with Gasteiger partial charge in [0.25, 0.3) is 0 Å². The van der Waals surface area contributed by atoms with Crippen molar-refractivity contribution in [3.05, 3.63) is 130 Å². The smallest absolute Gasteiger partial charge is 0.306 e. The first-order valence-corrected chi connectivity index (χ1v) is 20.0. The molecule has 6 heteroatoms. The molecule has 0 aromatic heterocycles. The summed E-state index contributed by atoms with van der Waals surface area (Å²) in [4.78, 5) is 46.8. The van der Waals surface area contributed by atoms with Crippen molar-refractivity contribution in [2.75, 3.05) is 0 Å². The Balaban J connectivity index is 1.91. The fraction of sp³-hybridized carbons (Fsp3) is 0.480. The molecular weight excluding hydrogens is 697 g/mol. The number of allylic oxidation sites excluding steroid dienone is 20. The Morgan fingerprint density at radius 1 is 0.643 bits per heavy atom. The maximum atomic E-state index is 12.2. The molecule has 0 fully saturated rings. The summed E-state index contributed by atoms with van der Waals surface area (Å²) in [6.07, 6.45) is 34.1. The third-order valence-corrected chi connectivity index (χ3v) is 10.2. The van der Waals surface area contributed by atoms with E-state index < -0.39 is 0 Å². The van der Waals surface area contributed by atoms with E-state index in [2.05, 4.69) is 148 Å². The van der Waals surface area contributed by atoms with Gasteiger partial charge in [-0.25, -0.2) is 0 Å². The summed E-state index contributed by atoms with van der Waals surface area (Å²) >= 11 is 0. The minimum absolute atomic E-state index is 0.00112. The largest absolute Gasteiger partial charge is 0.462 e. The monoisotopic (exact) mass is 765 g/mol. The highest BCUT2D eigenvalue weighted by molar-refractivity contribution is 5.81. The van der Waals surface area contributed by atoms with Gasteiger partial charge in [-0.1, -0.05) is 146 Å². The molecule has 2 aliphatic carbocycles. The van der Waals surface area contributed by atoms with Gasteiger partial charge in [0.15, 0.2) is 0 Å². The third kappa shape index (κ3) is 17.9. The Kier molecular flexibility index (Phi) is 19.4. The molecule has 0 aromatic carbocycles. The Morgan fingerprint density at radius 2 is 1.12 bits per heavy atom. The van der Waals surface area contributed by atoms with E-state index in [1.165, 1.54) is 30.6 Å². The molecule has 6 nitrogen and oxygen atoms in total. The number of esters is 2. The Bertz CT molecular complexity index is 1770. The van der Waals surface area contributed by atoms with Gasteiger partial charge in [-0.2, -0.15) is 0 Å². The summed E-state index contributed by atoms with van der Waals surface area (Å²) in [5.74, 6) is -0.376. The first-order chi connectivity index (χ1) is 26.2. The minimum atomic E-state index is -0.315. The van der Waals surface area contributed by atoms with Crippen molar-refractivity contribution in [1.82, 2.24) is 0 Å². The average molecular weight is 765 g/mol. The van der Waals surface area contributed by atoms with Gasteiger partial charge in [0.05, 0.1) is 12.8 Å². The summed E-state index contributed by atoms with van der Waals surface area (Å²) in [7, 11) is 0. The molecule has 3 atom stereocenters. The average Bonchev–Trinajstić information content (AvgIpc) is 3.07. The highest BCUT2D eigenvalue weighted by atomic mass is 16.5. The van der Waals surface area contributed by atoms with Gasteiger partial charge in [-0.05, 0) is 90.7 Å². The van der Waals surface area contributed by atoms with Crippen LogP contribution >= 0.6 is 0 Å². The number of ether oxygens (including phenoxy) is 2. The topological polar surface area (TPSA) is 86.7 Å². The highest BCUT2D eigenvalue weighted by Crippen LogP contribution is 2.43. The van der Waals surface area contributed by atoms with E-state index in [0.717, 1.165) is 35.1 Å². The van der Waals surface area contributed by atoms with Crippen LogP contribution in [-0.4, -0.2) is 35.7 Å². The van der Waals surface area contributed by atoms with Gasteiger partial charge in [0.1, 0.15) is 23.8 Å². The van der Waals surface area contributed by atoms with Crippen molar-refractivity contribution in [2.45, 2.75) is 140 Å². The van der Waals surface area contributed by atoms with Crippen molar-refractivity contribution < 1.29 is 28.7 Å². The van der Waals surface area contributed by atoms with Gasteiger partial charge < -0.3 is 19.1 Å². The fourth-order valence-corrected chi connectivity index (χ4v) is 7.27. The van der Waals surface area contributed by atoms with Crippen molar-refractivity contribution >= 4 is 23.5 Å². The second kappa shape index (κ2) is 22.8. The molecule has 304 valence electrons. The van der Waals surface area contributed by atoms with E-state index in [0.29, 0.717) is 6.42 Å². The van der Waals surface area contributed by atoms with E-state index in [1.54, 1.807) is 0 Å². The molecule has 0 aliphatic heterocycles. The van der Waals surface area contributed by atoms with Crippen LogP contribution in [0.5, 0.6) is 0 Å². The fourth-order valence-electron chi connectivity index (χ4n) is 7.27. The Hall–Kier alpha value is -4.58. The lowest BCUT2D eigenvalue weighted by Gasteiger charge is -2.40. The summed E-state index contributed by atoms with van der Waals surface area (Å²) < 4.78 is 11.4. The van der Waals surface area contributed by atoms with Gasteiger partial charge >= 0.3 is 11.9 Å². The molecular formula is C50H68O6. The molecule has 2 rings (SSSR count). The van der Waals surface area contributed by atoms with Gasteiger partial charge in [-0.3, -0.25) is 9.59 Å². The van der Waals surface area contributed by atoms with Crippen LogP contribution in [0.15, 0.2) is 130 Å². The summed E-state index contributed by atoms with van der Waals surface area (Å²) in [6, 6.07) is 0. The maximum absolute atomic E-state index is 12.2. The quantitative estimate of drug-likeness (QED) is 0.0785. The SMILES string of the molecule is CC(=O)CCC(=O)OC1C=C(C)C(/C=C/C(C)=C/C=C/C(C)=C/C=C/C=C(C)/C=C/C=C(C)/C=C/C2=C(C)CC(OC(=O)CCC(C)=O)CC2(C)C)C(C)(C)C1. The standard InChI is InChI=1S/C50H68O6/c1-35(19-15-21-37(3)23-27-45-39(5)31-43(33-49(45,9)10)55-47(53)29-25-41(7)51)17-13-14-18-36(2)20-16-22-38(4)24-28-46-40(6)32-44(34-50(46,11)12)56-48(54)30-26-42(8)52/h13-24,27-28,31,43-45H,25-26,29-30,32-34H2,1-12H3/b14-13+,19-15+,20-16+,27-23+,28-24+,35-17+,36-18+,37-21+,38-22+. The number of Topliss-reactive ketones (excluding diaryl/α,β-unsaturated/α-hetero) is 2. The lowest BCUT2D eigenvalue weighted by Crippen LogP contribution is -2.35. The zero-order valence-corrected chi connectivity index (χ0v) is 36.3. The molecule has 0 N–H and O–H groups in total. The lowest BCUT2D eigenvalue weighted by molar-refractivity contribution is -0.151. The zero-order valence-electron chi connectivity index (χ0n) is 36.3. The second-order valence-electron chi connectivity index (χ2n) is 17.0. The van der Waals surface area contributed by atoms with Crippen molar-refractivity contribution in [3.8, 4) is 0 Å². The lowest BCUT2D eigenvalue weighted by atomic mass is 9.67.